The summed E-state index contributed by atoms with van der Waals surface area (Å²) < 4.78 is 2.81. The molecule has 1 aromatic heterocycles. The number of rotatable bonds is 5. The fourth-order valence-corrected chi connectivity index (χ4v) is 2.58. The van der Waals surface area contributed by atoms with Crippen molar-refractivity contribution < 1.29 is 4.79 Å². The van der Waals surface area contributed by atoms with E-state index in [4.69, 9.17) is 0 Å². The predicted octanol–water partition coefficient (Wildman–Crippen LogP) is 3.94. The Labute approximate surface area is 155 Å². The van der Waals surface area contributed by atoms with Crippen molar-refractivity contribution in [1.29, 1.82) is 0 Å². The zero-order valence-corrected chi connectivity index (χ0v) is 15.5. The average Bonchev–Trinajstić information content (AvgIpc) is 3.09. The summed E-state index contributed by atoms with van der Waals surface area (Å²) in [5, 5.41) is 10.0. The van der Waals surface area contributed by atoms with Crippen LogP contribution in [0.25, 0.3) is 5.69 Å². The van der Waals surface area contributed by atoms with Crippen LogP contribution >= 0.6 is 15.9 Å². The monoisotopic (exact) mass is 398 g/mol. The van der Waals surface area contributed by atoms with E-state index in [1.54, 1.807) is 10.9 Å². The van der Waals surface area contributed by atoms with Crippen LogP contribution < -0.4 is 10.6 Å². The summed E-state index contributed by atoms with van der Waals surface area (Å²) in [7, 11) is 0. The molecule has 2 amide bonds. The maximum Gasteiger partial charge on any atom is 0.315 e. The van der Waals surface area contributed by atoms with E-state index >= 15 is 0 Å². The molecule has 0 spiro atoms. The first-order valence-electron chi connectivity index (χ1n) is 7.97. The standard InChI is InChI=1S/C19H19BrN4O/c1-14-2-4-15(5-3-14)10-21-19(25)22-11-16-12-23-24(13-16)18-8-6-17(20)7-9-18/h2-9,12-13H,10-11H2,1H3,(H2,21,22,25). The van der Waals surface area contributed by atoms with Crippen LogP contribution in [-0.4, -0.2) is 15.8 Å². The first-order chi connectivity index (χ1) is 12.1. The molecule has 25 heavy (non-hydrogen) atoms. The Morgan fingerprint density at radius 2 is 1.64 bits per heavy atom. The number of aromatic nitrogens is 2. The Morgan fingerprint density at radius 1 is 1.00 bits per heavy atom. The van der Waals surface area contributed by atoms with Gasteiger partial charge < -0.3 is 10.6 Å². The highest BCUT2D eigenvalue weighted by Crippen LogP contribution is 2.14. The van der Waals surface area contributed by atoms with Gasteiger partial charge in [0.05, 0.1) is 11.9 Å². The molecule has 0 aliphatic carbocycles. The number of aryl methyl sites for hydroxylation is 1. The van der Waals surface area contributed by atoms with E-state index in [-0.39, 0.29) is 6.03 Å². The van der Waals surface area contributed by atoms with Gasteiger partial charge in [0, 0.05) is 29.3 Å². The van der Waals surface area contributed by atoms with Gasteiger partial charge in [-0.2, -0.15) is 5.10 Å². The van der Waals surface area contributed by atoms with Gasteiger partial charge in [0.2, 0.25) is 0 Å². The van der Waals surface area contributed by atoms with Gasteiger partial charge in [-0.15, -0.1) is 0 Å². The number of amides is 2. The second-order valence-corrected chi connectivity index (χ2v) is 6.71. The van der Waals surface area contributed by atoms with E-state index in [2.05, 4.69) is 31.7 Å². The molecule has 5 nitrogen and oxygen atoms in total. The first-order valence-corrected chi connectivity index (χ1v) is 8.76. The van der Waals surface area contributed by atoms with Crippen LogP contribution in [0.2, 0.25) is 0 Å². The summed E-state index contributed by atoms with van der Waals surface area (Å²) >= 11 is 3.41. The van der Waals surface area contributed by atoms with Crippen molar-refractivity contribution in [2.24, 2.45) is 0 Å². The van der Waals surface area contributed by atoms with Gasteiger partial charge in [-0.25, -0.2) is 9.48 Å². The topological polar surface area (TPSA) is 59.0 Å². The van der Waals surface area contributed by atoms with Gasteiger partial charge in [-0.1, -0.05) is 45.8 Å². The molecule has 0 bridgehead atoms. The zero-order chi connectivity index (χ0) is 17.6. The molecule has 1 heterocycles. The summed E-state index contributed by atoms with van der Waals surface area (Å²) in [6.45, 7) is 2.97. The van der Waals surface area contributed by atoms with Crippen LogP contribution in [-0.2, 0) is 13.1 Å². The Morgan fingerprint density at radius 3 is 2.32 bits per heavy atom. The van der Waals surface area contributed by atoms with E-state index in [0.717, 1.165) is 21.3 Å². The third kappa shape index (κ3) is 4.93. The smallest absolute Gasteiger partial charge is 0.315 e. The van der Waals surface area contributed by atoms with Crippen LogP contribution in [0, 0.1) is 6.92 Å². The normalized spacial score (nSPS) is 10.5. The summed E-state index contributed by atoms with van der Waals surface area (Å²) in [5.74, 6) is 0. The third-order valence-electron chi connectivity index (χ3n) is 3.75. The Hall–Kier alpha value is -2.60. The number of nitrogens with one attached hydrogen (secondary N) is 2. The third-order valence-corrected chi connectivity index (χ3v) is 4.28. The molecule has 3 aromatic rings. The molecule has 0 unspecified atom stereocenters. The fourth-order valence-electron chi connectivity index (χ4n) is 2.32. The van der Waals surface area contributed by atoms with E-state index in [0.29, 0.717) is 13.1 Å². The second kappa shape index (κ2) is 7.98. The lowest BCUT2D eigenvalue weighted by Crippen LogP contribution is -2.34. The molecule has 0 saturated carbocycles. The number of halogens is 1. The van der Waals surface area contributed by atoms with Gasteiger partial charge in [-0.05, 0) is 36.8 Å². The molecule has 0 radical (unpaired) electrons. The van der Waals surface area contributed by atoms with Crippen LogP contribution in [0.15, 0.2) is 65.4 Å². The molecule has 0 atom stereocenters. The zero-order valence-electron chi connectivity index (χ0n) is 13.9. The van der Waals surface area contributed by atoms with Gasteiger partial charge in [0.15, 0.2) is 0 Å². The van der Waals surface area contributed by atoms with Crippen LogP contribution in [0.1, 0.15) is 16.7 Å². The van der Waals surface area contributed by atoms with E-state index in [1.165, 1.54) is 5.56 Å². The molecule has 6 heteroatoms. The lowest BCUT2D eigenvalue weighted by atomic mass is 10.1. The summed E-state index contributed by atoms with van der Waals surface area (Å²) in [6, 6.07) is 15.8. The maximum atomic E-state index is 11.9. The van der Waals surface area contributed by atoms with Crippen molar-refractivity contribution in [3.05, 3.63) is 82.1 Å². The van der Waals surface area contributed by atoms with Crippen molar-refractivity contribution >= 4 is 22.0 Å². The van der Waals surface area contributed by atoms with Gasteiger partial charge in [-0.3, -0.25) is 0 Å². The summed E-state index contributed by atoms with van der Waals surface area (Å²) in [4.78, 5) is 11.9. The number of carbonyl (C=O) groups is 1. The fraction of sp³-hybridized carbons (Fsp3) is 0.158. The first kappa shape index (κ1) is 17.2. The second-order valence-electron chi connectivity index (χ2n) is 5.79. The number of hydrogen-bond donors (Lipinski definition) is 2. The number of urea groups is 1. The highest BCUT2D eigenvalue weighted by Gasteiger charge is 2.04. The highest BCUT2D eigenvalue weighted by molar-refractivity contribution is 9.10. The molecule has 0 saturated heterocycles. The molecule has 0 aliphatic rings. The van der Waals surface area contributed by atoms with Gasteiger partial charge in [0.1, 0.15) is 0 Å². The van der Waals surface area contributed by atoms with Crippen LogP contribution in [0.5, 0.6) is 0 Å². The SMILES string of the molecule is Cc1ccc(CNC(=O)NCc2cnn(-c3ccc(Br)cc3)c2)cc1. The minimum Gasteiger partial charge on any atom is -0.334 e. The van der Waals surface area contributed by atoms with Crippen molar-refractivity contribution in [3.8, 4) is 5.69 Å². The highest BCUT2D eigenvalue weighted by atomic mass is 79.9. The van der Waals surface area contributed by atoms with Gasteiger partial charge in [0.25, 0.3) is 0 Å². The number of benzene rings is 2. The van der Waals surface area contributed by atoms with Crippen molar-refractivity contribution in [3.63, 3.8) is 0 Å². The van der Waals surface area contributed by atoms with E-state index < -0.39 is 0 Å². The molecular weight excluding hydrogens is 380 g/mol. The van der Waals surface area contributed by atoms with Gasteiger partial charge >= 0.3 is 6.03 Å². The summed E-state index contributed by atoms with van der Waals surface area (Å²) in [6.07, 6.45) is 3.66. The Balaban J connectivity index is 1.49. The van der Waals surface area contributed by atoms with E-state index in [9.17, 15) is 4.79 Å². The minimum atomic E-state index is -0.197. The lowest BCUT2D eigenvalue weighted by molar-refractivity contribution is 0.240. The minimum absolute atomic E-state index is 0.197. The Kier molecular flexibility index (Phi) is 5.50. The van der Waals surface area contributed by atoms with Crippen LogP contribution in [0.3, 0.4) is 0 Å². The number of carbonyl (C=O) groups excluding carboxylic acids is 1. The summed E-state index contributed by atoms with van der Waals surface area (Å²) in [5.41, 5.74) is 4.19. The van der Waals surface area contributed by atoms with Crippen molar-refractivity contribution in [2.45, 2.75) is 20.0 Å². The lowest BCUT2D eigenvalue weighted by Gasteiger charge is -2.07. The van der Waals surface area contributed by atoms with Crippen molar-refractivity contribution in [1.82, 2.24) is 20.4 Å². The van der Waals surface area contributed by atoms with Crippen molar-refractivity contribution in [2.75, 3.05) is 0 Å². The molecule has 0 fully saturated rings. The average molecular weight is 399 g/mol. The molecular formula is C19H19BrN4O. The Bertz CT molecular complexity index is 841. The maximum absolute atomic E-state index is 11.9. The quantitative estimate of drug-likeness (QED) is 0.683. The van der Waals surface area contributed by atoms with Crippen LogP contribution in [0.4, 0.5) is 4.79 Å². The molecule has 128 valence electrons. The largest absolute Gasteiger partial charge is 0.334 e. The molecule has 3 rings (SSSR count). The predicted molar refractivity (Wildman–Crippen MR) is 102 cm³/mol. The van der Waals surface area contributed by atoms with E-state index in [1.807, 2.05) is 61.7 Å². The number of nitrogens with zero attached hydrogens (tertiary/aromatic N) is 2. The molecule has 2 aromatic carbocycles. The molecule has 2 N–H and O–H groups in total. The molecule has 0 aliphatic heterocycles. The number of hydrogen-bond acceptors (Lipinski definition) is 2.